The maximum absolute atomic E-state index is 11.9. The summed E-state index contributed by atoms with van der Waals surface area (Å²) < 4.78 is 0. The number of likely N-dealkylation sites (tertiary alicyclic amines) is 1. The average Bonchev–Trinajstić information content (AvgIpc) is 2.41. The van der Waals surface area contributed by atoms with Crippen molar-refractivity contribution in [2.45, 2.75) is 46.6 Å². The van der Waals surface area contributed by atoms with Gasteiger partial charge >= 0.3 is 0 Å². The third-order valence-electron chi connectivity index (χ3n) is 3.05. The van der Waals surface area contributed by atoms with Crippen molar-refractivity contribution in [1.29, 1.82) is 0 Å². The number of imide groups is 1. The summed E-state index contributed by atoms with van der Waals surface area (Å²) in [5.74, 6) is 0.208. The standard InChI is InChI=1S/C11H19NO2/c1-5-8(4)12-10(13)6-9(7(2)3)11(12)14/h7-9H,5-6H2,1-4H3. The van der Waals surface area contributed by atoms with Crippen LogP contribution in [0.1, 0.15) is 40.5 Å². The van der Waals surface area contributed by atoms with Crippen LogP contribution in [0, 0.1) is 11.8 Å². The van der Waals surface area contributed by atoms with E-state index in [0.717, 1.165) is 6.42 Å². The van der Waals surface area contributed by atoms with Crippen molar-refractivity contribution in [2.24, 2.45) is 11.8 Å². The zero-order chi connectivity index (χ0) is 10.9. The lowest BCUT2D eigenvalue weighted by atomic mass is 9.94. The van der Waals surface area contributed by atoms with E-state index in [1.54, 1.807) is 0 Å². The van der Waals surface area contributed by atoms with Crippen LogP contribution in [-0.4, -0.2) is 22.8 Å². The van der Waals surface area contributed by atoms with Gasteiger partial charge in [-0.2, -0.15) is 0 Å². The van der Waals surface area contributed by atoms with Crippen molar-refractivity contribution in [3.05, 3.63) is 0 Å². The summed E-state index contributed by atoms with van der Waals surface area (Å²) in [7, 11) is 0. The molecule has 3 heteroatoms. The SMILES string of the molecule is CCC(C)N1C(=O)CC(C(C)C)C1=O. The highest BCUT2D eigenvalue weighted by atomic mass is 16.2. The van der Waals surface area contributed by atoms with E-state index in [-0.39, 0.29) is 29.7 Å². The highest BCUT2D eigenvalue weighted by Gasteiger charge is 2.41. The largest absolute Gasteiger partial charge is 0.280 e. The Labute approximate surface area is 85.5 Å². The third kappa shape index (κ3) is 1.81. The number of hydrogen-bond donors (Lipinski definition) is 0. The maximum atomic E-state index is 11.9. The van der Waals surface area contributed by atoms with Crippen molar-refractivity contribution >= 4 is 11.8 Å². The molecule has 3 nitrogen and oxygen atoms in total. The Balaban J connectivity index is 2.80. The summed E-state index contributed by atoms with van der Waals surface area (Å²) in [6, 6.07) is 0.0544. The monoisotopic (exact) mass is 197 g/mol. The van der Waals surface area contributed by atoms with E-state index in [9.17, 15) is 9.59 Å². The first-order chi connectivity index (χ1) is 6.49. The predicted octanol–water partition coefficient (Wildman–Crippen LogP) is 1.82. The molecule has 2 unspecified atom stereocenters. The molecule has 0 radical (unpaired) electrons. The quantitative estimate of drug-likeness (QED) is 0.647. The Bertz CT molecular complexity index is 248. The van der Waals surface area contributed by atoms with Crippen molar-refractivity contribution in [2.75, 3.05) is 0 Å². The van der Waals surface area contributed by atoms with E-state index >= 15 is 0 Å². The molecular weight excluding hydrogens is 178 g/mol. The Hall–Kier alpha value is -0.860. The summed E-state index contributed by atoms with van der Waals surface area (Å²) in [4.78, 5) is 24.9. The Morgan fingerprint density at radius 2 is 1.93 bits per heavy atom. The Kier molecular flexibility index (Phi) is 3.29. The van der Waals surface area contributed by atoms with E-state index in [4.69, 9.17) is 0 Å². The van der Waals surface area contributed by atoms with Gasteiger partial charge in [-0.3, -0.25) is 14.5 Å². The highest BCUT2D eigenvalue weighted by Crippen LogP contribution is 2.28. The zero-order valence-corrected chi connectivity index (χ0v) is 9.41. The molecule has 0 N–H and O–H groups in total. The molecule has 0 aromatic heterocycles. The van der Waals surface area contributed by atoms with E-state index in [2.05, 4.69) is 0 Å². The van der Waals surface area contributed by atoms with Crippen molar-refractivity contribution in [3.63, 3.8) is 0 Å². The molecule has 0 spiro atoms. The second-order valence-corrected chi connectivity index (χ2v) is 4.41. The summed E-state index contributed by atoms with van der Waals surface area (Å²) >= 11 is 0. The molecular formula is C11H19NO2. The van der Waals surface area contributed by atoms with Gasteiger partial charge in [-0.1, -0.05) is 20.8 Å². The minimum Gasteiger partial charge on any atom is -0.280 e. The van der Waals surface area contributed by atoms with Crippen LogP contribution in [0.4, 0.5) is 0 Å². The Morgan fingerprint density at radius 3 is 2.29 bits per heavy atom. The number of carbonyl (C=O) groups excluding carboxylic acids is 2. The van der Waals surface area contributed by atoms with Gasteiger partial charge in [0.05, 0.1) is 0 Å². The molecule has 0 bridgehead atoms. The summed E-state index contributed by atoms with van der Waals surface area (Å²) in [6.45, 7) is 7.92. The minimum atomic E-state index is -0.0866. The smallest absolute Gasteiger partial charge is 0.233 e. The van der Waals surface area contributed by atoms with Gasteiger partial charge in [-0.05, 0) is 19.3 Å². The van der Waals surface area contributed by atoms with Crippen LogP contribution in [0.2, 0.25) is 0 Å². The normalized spacial score (nSPS) is 24.9. The Morgan fingerprint density at radius 1 is 1.36 bits per heavy atom. The molecule has 0 aromatic rings. The van der Waals surface area contributed by atoms with E-state index < -0.39 is 0 Å². The first kappa shape index (κ1) is 11.2. The summed E-state index contributed by atoms with van der Waals surface area (Å²) in [5, 5.41) is 0. The predicted molar refractivity (Wildman–Crippen MR) is 54.6 cm³/mol. The van der Waals surface area contributed by atoms with Gasteiger partial charge in [-0.15, -0.1) is 0 Å². The second kappa shape index (κ2) is 4.11. The van der Waals surface area contributed by atoms with Gasteiger partial charge < -0.3 is 0 Å². The van der Waals surface area contributed by atoms with Gasteiger partial charge in [0.15, 0.2) is 0 Å². The topological polar surface area (TPSA) is 37.4 Å². The van der Waals surface area contributed by atoms with Gasteiger partial charge in [0.1, 0.15) is 0 Å². The molecule has 14 heavy (non-hydrogen) atoms. The van der Waals surface area contributed by atoms with Crippen LogP contribution >= 0.6 is 0 Å². The van der Waals surface area contributed by atoms with Crippen molar-refractivity contribution in [3.8, 4) is 0 Å². The number of amides is 2. The van der Waals surface area contributed by atoms with Crippen molar-refractivity contribution in [1.82, 2.24) is 4.90 Å². The van der Waals surface area contributed by atoms with Gasteiger partial charge in [0, 0.05) is 18.4 Å². The van der Waals surface area contributed by atoms with Gasteiger partial charge in [0.25, 0.3) is 0 Å². The molecule has 1 fully saturated rings. The molecule has 2 amide bonds. The lowest BCUT2D eigenvalue weighted by Gasteiger charge is -2.22. The van der Waals surface area contributed by atoms with E-state index in [1.807, 2.05) is 27.7 Å². The lowest BCUT2D eigenvalue weighted by molar-refractivity contribution is -0.142. The molecule has 2 atom stereocenters. The minimum absolute atomic E-state index is 0.00282. The lowest BCUT2D eigenvalue weighted by Crippen LogP contribution is -2.38. The zero-order valence-electron chi connectivity index (χ0n) is 9.41. The maximum Gasteiger partial charge on any atom is 0.233 e. The third-order valence-corrected chi connectivity index (χ3v) is 3.05. The molecule has 1 aliphatic heterocycles. The first-order valence-electron chi connectivity index (χ1n) is 5.34. The molecule has 80 valence electrons. The molecule has 0 saturated carbocycles. The fourth-order valence-corrected chi connectivity index (χ4v) is 1.84. The van der Waals surface area contributed by atoms with Gasteiger partial charge in [0.2, 0.25) is 11.8 Å². The molecule has 1 heterocycles. The van der Waals surface area contributed by atoms with E-state index in [1.165, 1.54) is 4.90 Å². The molecule has 1 aliphatic rings. The van der Waals surface area contributed by atoms with Crippen molar-refractivity contribution < 1.29 is 9.59 Å². The van der Waals surface area contributed by atoms with Crippen LogP contribution in [0.5, 0.6) is 0 Å². The second-order valence-electron chi connectivity index (χ2n) is 4.41. The number of rotatable bonds is 3. The fourth-order valence-electron chi connectivity index (χ4n) is 1.84. The number of hydrogen-bond acceptors (Lipinski definition) is 2. The van der Waals surface area contributed by atoms with Crippen LogP contribution in [0.15, 0.2) is 0 Å². The van der Waals surface area contributed by atoms with Gasteiger partial charge in [-0.25, -0.2) is 0 Å². The molecule has 1 rings (SSSR count). The fraction of sp³-hybridized carbons (Fsp3) is 0.818. The van der Waals surface area contributed by atoms with E-state index in [0.29, 0.717) is 6.42 Å². The number of nitrogens with zero attached hydrogens (tertiary/aromatic N) is 1. The first-order valence-corrected chi connectivity index (χ1v) is 5.34. The molecule has 0 aliphatic carbocycles. The summed E-state index contributed by atoms with van der Waals surface area (Å²) in [6.07, 6.45) is 1.24. The number of carbonyl (C=O) groups is 2. The highest BCUT2D eigenvalue weighted by molar-refractivity contribution is 6.03. The summed E-state index contributed by atoms with van der Waals surface area (Å²) in [5.41, 5.74) is 0. The van der Waals surface area contributed by atoms with Crippen LogP contribution in [-0.2, 0) is 9.59 Å². The van der Waals surface area contributed by atoms with Crippen LogP contribution in [0.3, 0.4) is 0 Å². The molecule has 0 aromatic carbocycles. The molecule has 1 saturated heterocycles. The van der Waals surface area contributed by atoms with Crippen LogP contribution < -0.4 is 0 Å². The van der Waals surface area contributed by atoms with Crippen LogP contribution in [0.25, 0.3) is 0 Å². The average molecular weight is 197 g/mol.